The number of carbonyl (C=O) groups excluding carboxylic acids is 1. The zero-order chi connectivity index (χ0) is 22.4. The van der Waals surface area contributed by atoms with Crippen LogP contribution in [-0.2, 0) is 4.79 Å². The van der Waals surface area contributed by atoms with Crippen LogP contribution in [0, 0.1) is 18.3 Å². The maximum absolute atomic E-state index is 12.2. The van der Waals surface area contributed by atoms with Crippen LogP contribution in [0.15, 0.2) is 52.4 Å². The maximum atomic E-state index is 12.2. The molecule has 3 aromatic rings. The van der Waals surface area contributed by atoms with Crippen molar-refractivity contribution in [1.29, 1.82) is 5.26 Å². The highest BCUT2D eigenvalue weighted by Crippen LogP contribution is 2.33. The number of benzene rings is 2. The van der Waals surface area contributed by atoms with Gasteiger partial charge in [-0.1, -0.05) is 23.9 Å². The van der Waals surface area contributed by atoms with Crippen molar-refractivity contribution < 1.29 is 14.3 Å². The van der Waals surface area contributed by atoms with Gasteiger partial charge in [0.2, 0.25) is 0 Å². The van der Waals surface area contributed by atoms with Gasteiger partial charge in [0.25, 0.3) is 11.5 Å². The molecule has 0 fully saturated rings. The molecule has 0 atom stereocenters. The zero-order valence-electron chi connectivity index (χ0n) is 17.2. The number of amides is 1. The van der Waals surface area contributed by atoms with Gasteiger partial charge in [0.1, 0.15) is 11.6 Å². The fourth-order valence-electron chi connectivity index (χ4n) is 2.86. The second-order valence-electron chi connectivity index (χ2n) is 6.48. The number of ether oxygens (including phenoxy) is 2. The molecule has 0 aliphatic rings. The van der Waals surface area contributed by atoms with Crippen molar-refractivity contribution in [3.63, 3.8) is 0 Å². The Balaban J connectivity index is 1.81. The first-order valence-corrected chi connectivity index (χ1v) is 10.4. The molecule has 1 amide bonds. The van der Waals surface area contributed by atoms with Gasteiger partial charge in [-0.15, -0.1) is 0 Å². The number of carbonyl (C=O) groups is 1. The highest BCUT2D eigenvalue weighted by molar-refractivity contribution is 7.98. The smallest absolute Gasteiger partial charge is 0.270 e. The molecule has 8 nitrogen and oxygen atoms in total. The largest absolute Gasteiger partial charge is 0.493 e. The van der Waals surface area contributed by atoms with E-state index in [1.807, 2.05) is 31.2 Å². The van der Waals surface area contributed by atoms with E-state index in [0.717, 1.165) is 5.56 Å². The third kappa shape index (κ3) is 5.24. The molecule has 0 aliphatic carbocycles. The van der Waals surface area contributed by atoms with Crippen LogP contribution in [0.3, 0.4) is 0 Å². The number of rotatable bonds is 7. The van der Waals surface area contributed by atoms with Gasteiger partial charge < -0.3 is 19.8 Å². The van der Waals surface area contributed by atoms with E-state index in [1.165, 1.54) is 18.9 Å². The molecular weight excluding hydrogens is 416 g/mol. The fourth-order valence-corrected chi connectivity index (χ4v) is 3.24. The van der Waals surface area contributed by atoms with E-state index in [-0.39, 0.29) is 23.8 Å². The van der Waals surface area contributed by atoms with E-state index in [4.69, 9.17) is 9.47 Å². The number of nitriles is 1. The average Bonchev–Trinajstić information content (AvgIpc) is 2.77. The Morgan fingerprint density at radius 3 is 2.74 bits per heavy atom. The SMILES string of the molecule is COc1cc(-c2nc(SC)[nH]c(=O)c2C#N)ccc1OCC(=O)Nc1cccc(C)c1. The average molecular weight is 436 g/mol. The molecule has 158 valence electrons. The molecule has 31 heavy (non-hydrogen) atoms. The molecule has 0 saturated heterocycles. The summed E-state index contributed by atoms with van der Waals surface area (Å²) in [7, 11) is 1.46. The van der Waals surface area contributed by atoms with Crippen LogP contribution in [0.5, 0.6) is 11.5 Å². The minimum absolute atomic E-state index is 0.0916. The lowest BCUT2D eigenvalue weighted by atomic mass is 10.1. The number of anilines is 1. The summed E-state index contributed by atoms with van der Waals surface area (Å²) in [5.74, 6) is 0.376. The lowest BCUT2D eigenvalue weighted by Gasteiger charge is -2.13. The number of aromatic nitrogens is 2. The Labute approximate surface area is 183 Å². The number of nitrogens with zero attached hydrogens (tertiary/aromatic N) is 2. The standard InChI is InChI=1S/C22H20N4O4S/c1-13-5-4-6-15(9-13)24-19(27)12-30-17-8-7-14(10-18(17)29-2)20-16(11-23)21(28)26-22(25-20)31-3/h4-10H,12H2,1-3H3,(H,24,27)(H,25,26,28). The molecule has 0 spiro atoms. The van der Waals surface area contributed by atoms with Crippen LogP contribution in [0.1, 0.15) is 11.1 Å². The highest BCUT2D eigenvalue weighted by Gasteiger charge is 2.16. The topological polar surface area (TPSA) is 117 Å². The molecule has 3 rings (SSSR count). The van der Waals surface area contributed by atoms with Gasteiger partial charge in [0.15, 0.2) is 23.3 Å². The third-order valence-corrected chi connectivity index (χ3v) is 4.88. The van der Waals surface area contributed by atoms with Crippen LogP contribution in [0.2, 0.25) is 0 Å². The Bertz CT molecular complexity index is 1220. The Morgan fingerprint density at radius 1 is 1.26 bits per heavy atom. The summed E-state index contributed by atoms with van der Waals surface area (Å²) in [6, 6.07) is 14.2. The minimum atomic E-state index is -0.510. The van der Waals surface area contributed by atoms with Crippen molar-refractivity contribution in [2.45, 2.75) is 12.1 Å². The third-order valence-electron chi connectivity index (χ3n) is 4.30. The predicted octanol–water partition coefficient (Wildman–Crippen LogP) is 3.37. The van der Waals surface area contributed by atoms with E-state index in [1.54, 1.807) is 30.5 Å². The first kappa shape index (κ1) is 21.9. The van der Waals surface area contributed by atoms with Gasteiger partial charge in [0.05, 0.1) is 12.8 Å². The van der Waals surface area contributed by atoms with Gasteiger partial charge in [0, 0.05) is 11.3 Å². The van der Waals surface area contributed by atoms with Crippen LogP contribution in [0.25, 0.3) is 11.3 Å². The molecule has 0 bridgehead atoms. The van der Waals surface area contributed by atoms with Crippen molar-refractivity contribution in [3.05, 3.63) is 63.9 Å². The Morgan fingerprint density at radius 2 is 2.06 bits per heavy atom. The molecule has 1 heterocycles. The summed E-state index contributed by atoms with van der Waals surface area (Å²) < 4.78 is 11.0. The predicted molar refractivity (Wildman–Crippen MR) is 119 cm³/mol. The van der Waals surface area contributed by atoms with Gasteiger partial charge in [-0.2, -0.15) is 5.26 Å². The fraction of sp³-hybridized carbons (Fsp3) is 0.182. The van der Waals surface area contributed by atoms with E-state index in [0.29, 0.717) is 27.9 Å². The van der Waals surface area contributed by atoms with Gasteiger partial charge in [-0.05, 0) is 49.1 Å². The molecule has 1 aromatic heterocycles. The van der Waals surface area contributed by atoms with Crippen molar-refractivity contribution in [3.8, 4) is 28.8 Å². The molecule has 0 saturated carbocycles. The lowest BCUT2D eigenvalue weighted by Crippen LogP contribution is -2.20. The number of aromatic amines is 1. The van der Waals surface area contributed by atoms with Crippen molar-refractivity contribution in [1.82, 2.24) is 9.97 Å². The number of aryl methyl sites for hydroxylation is 1. The van der Waals surface area contributed by atoms with E-state index < -0.39 is 5.56 Å². The summed E-state index contributed by atoms with van der Waals surface area (Å²) in [5.41, 5.74) is 1.88. The first-order chi connectivity index (χ1) is 14.9. The number of thioether (sulfide) groups is 1. The van der Waals surface area contributed by atoms with Crippen LogP contribution < -0.4 is 20.3 Å². The molecular formula is C22H20N4O4S. The molecule has 0 radical (unpaired) electrons. The summed E-state index contributed by atoms with van der Waals surface area (Å²) in [4.78, 5) is 31.3. The van der Waals surface area contributed by atoms with Crippen LogP contribution in [-0.4, -0.2) is 35.8 Å². The van der Waals surface area contributed by atoms with Crippen molar-refractivity contribution >= 4 is 23.4 Å². The van der Waals surface area contributed by atoms with Gasteiger partial charge in [-0.3, -0.25) is 9.59 Å². The first-order valence-electron chi connectivity index (χ1n) is 9.21. The molecule has 0 unspecified atom stereocenters. The van der Waals surface area contributed by atoms with Gasteiger partial charge >= 0.3 is 0 Å². The monoisotopic (exact) mass is 436 g/mol. The Hall–Kier alpha value is -3.77. The zero-order valence-corrected chi connectivity index (χ0v) is 18.0. The summed E-state index contributed by atoms with van der Waals surface area (Å²) in [6.07, 6.45) is 1.77. The van der Waals surface area contributed by atoms with E-state index >= 15 is 0 Å². The maximum Gasteiger partial charge on any atom is 0.270 e. The minimum Gasteiger partial charge on any atom is -0.493 e. The second kappa shape index (κ2) is 9.82. The van der Waals surface area contributed by atoms with Crippen molar-refractivity contribution in [2.75, 3.05) is 25.3 Å². The molecule has 2 aromatic carbocycles. The summed E-state index contributed by atoms with van der Waals surface area (Å²) in [6.45, 7) is 1.72. The van der Waals surface area contributed by atoms with Crippen molar-refractivity contribution in [2.24, 2.45) is 0 Å². The second-order valence-corrected chi connectivity index (χ2v) is 7.28. The lowest BCUT2D eigenvalue weighted by molar-refractivity contribution is -0.118. The highest BCUT2D eigenvalue weighted by atomic mass is 32.2. The van der Waals surface area contributed by atoms with E-state index in [2.05, 4.69) is 15.3 Å². The van der Waals surface area contributed by atoms with Crippen LogP contribution >= 0.6 is 11.8 Å². The number of methoxy groups -OCH3 is 1. The normalized spacial score (nSPS) is 10.3. The Kier molecular flexibility index (Phi) is 6.95. The summed E-state index contributed by atoms with van der Waals surface area (Å²) in [5, 5.41) is 12.5. The van der Waals surface area contributed by atoms with Crippen LogP contribution in [0.4, 0.5) is 5.69 Å². The van der Waals surface area contributed by atoms with Gasteiger partial charge in [-0.25, -0.2) is 4.98 Å². The van der Waals surface area contributed by atoms with E-state index in [9.17, 15) is 14.9 Å². The molecule has 9 heteroatoms. The number of hydrogen-bond donors (Lipinski definition) is 2. The quantitative estimate of drug-likeness (QED) is 0.431. The molecule has 2 N–H and O–H groups in total. The summed E-state index contributed by atoms with van der Waals surface area (Å²) >= 11 is 1.26. The number of hydrogen-bond acceptors (Lipinski definition) is 7. The number of nitrogens with one attached hydrogen (secondary N) is 2. The molecule has 0 aliphatic heterocycles. The number of H-pyrrole nitrogens is 1.